The molecule has 2 heteroatoms. The summed E-state index contributed by atoms with van der Waals surface area (Å²) in [4.78, 5) is 9.89. The van der Waals surface area contributed by atoms with Crippen LogP contribution in [0.3, 0.4) is 0 Å². The molecule has 0 radical (unpaired) electrons. The van der Waals surface area contributed by atoms with Crippen LogP contribution in [-0.4, -0.2) is 6.41 Å². The van der Waals surface area contributed by atoms with Crippen LogP contribution in [0.25, 0.3) is 0 Å². The number of allylic oxidation sites excluding steroid dienone is 1. The van der Waals surface area contributed by atoms with Crippen molar-refractivity contribution >= 4 is 6.41 Å². The summed E-state index contributed by atoms with van der Waals surface area (Å²) in [5.74, 6) is 0.671. The molecule has 0 aromatic carbocycles. The number of hydrogen-bond donors (Lipinski definition) is 1. The van der Waals surface area contributed by atoms with Crippen LogP contribution in [0.5, 0.6) is 0 Å². The molecule has 0 unspecified atom stereocenters. The fraction of sp³-hybridized carbons (Fsp3) is 0.625. The van der Waals surface area contributed by atoms with Crippen LogP contribution in [0.1, 0.15) is 26.7 Å². The minimum atomic E-state index is 0.669. The zero-order valence-corrected chi connectivity index (χ0v) is 6.68. The highest BCUT2D eigenvalue weighted by Crippen LogP contribution is 2.06. The van der Waals surface area contributed by atoms with Crippen molar-refractivity contribution in [2.45, 2.75) is 26.7 Å². The van der Waals surface area contributed by atoms with Crippen molar-refractivity contribution in [3.8, 4) is 0 Å². The van der Waals surface area contributed by atoms with Gasteiger partial charge in [0.2, 0.25) is 6.41 Å². The van der Waals surface area contributed by atoms with Gasteiger partial charge in [-0.1, -0.05) is 20.4 Å². The second-order valence-corrected chi connectivity index (χ2v) is 2.80. The van der Waals surface area contributed by atoms with Crippen molar-refractivity contribution in [2.24, 2.45) is 5.92 Å². The summed E-state index contributed by atoms with van der Waals surface area (Å²) in [6, 6.07) is 0. The highest BCUT2D eigenvalue weighted by molar-refractivity contribution is 5.49. The van der Waals surface area contributed by atoms with Crippen molar-refractivity contribution in [1.29, 1.82) is 0 Å². The Labute approximate surface area is 62.3 Å². The van der Waals surface area contributed by atoms with Crippen LogP contribution < -0.4 is 5.32 Å². The molecule has 1 N–H and O–H groups in total. The molecular weight excluding hydrogens is 126 g/mol. The van der Waals surface area contributed by atoms with E-state index in [9.17, 15) is 4.79 Å². The molecule has 0 rings (SSSR count). The fourth-order valence-electron chi connectivity index (χ4n) is 0.618. The Kier molecular flexibility index (Phi) is 4.63. The van der Waals surface area contributed by atoms with Gasteiger partial charge in [0.15, 0.2) is 0 Å². The average molecular weight is 141 g/mol. The largest absolute Gasteiger partial charge is 0.333 e. The van der Waals surface area contributed by atoms with Crippen molar-refractivity contribution in [3.63, 3.8) is 0 Å². The summed E-state index contributed by atoms with van der Waals surface area (Å²) >= 11 is 0. The Morgan fingerprint density at radius 2 is 2.30 bits per heavy atom. The number of carbonyl (C=O) groups excluding carboxylic acids is 1. The first-order valence-corrected chi connectivity index (χ1v) is 3.54. The molecule has 0 saturated heterocycles. The molecular formula is C8H15NO. The van der Waals surface area contributed by atoms with E-state index >= 15 is 0 Å². The molecule has 0 aromatic heterocycles. The van der Waals surface area contributed by atoms with E-state index in [1.54, 1.807) is 0 Å². The highest BCUT2D eigenvalue weighted by atomic mass is 16.1. The Morgan fingerprint density at radius 3 is 2.70 bits per heavy atom. The molecule has 0 aromatic rings. The maximum Gasteiger partial charge on any atom is 0.211 e. The average Bonchev–Trinajstić information content (AvgIpc) is 1.85. The molecule has 0 bridgehead atoms. The molecule has 0 fully saturated rings. The molecule has 58 valence electrons. The van der Waals surface area contributed by atoms with Gasteiger partial charge in [0.05, 0.1) is 0 Å². The van der Waals surface area contributed by atoms with Crippen LogP contribution in [0.2, 0.25) is 0 Å². The summed E-state index contributed by atoms with van der Waals surface area (Å²) < 4.78 is 0. The van der Waals surface area contributed by atoms with Crippen molar-refractivity contribution in [1.82, 2.24) is 5.32 Å². The Hall–Kier alpha value is -0.790. The van der Waals surface area contributed by atoms with E-state index in [2.05, 4.69) is 25.7 Å². The van der Waals surface area contributed by atoms with Gasteiger partial charge >= 0.3 is 0 Å². The van der Waals surface area contributed by atoms with E-state index in [4.69, 9.17) is 0 Å². The van der Waals surface area contributed by atoms with Gasteiger partial charge in [-0.2, -0.15) is 0 Å². The quantitative estimate of drug-likeness (QED) is 0.580. The van der Waals surface area contributed by atoms with Gasteiger partial charge in [-0.15, -0.1) is 0 Å². The highest BCUT2D eigenvalue weighted by Gasteiger charge is 1.95. The number of nitrogens with one attached hydrogen (secondary N) is 1. The molecule has 0 aliphatic heterocycles. The van der Waals surface area contributed by atoms with Crippen LogP contribution in [0.4, 0.5) is 0 Å². The predicted octanol–water partition coefficient (Wildman–Crippen LogP) is 1.68. The van der Waals surface area contributed by atoms with Crippen molar-refractivity contribution < 1.29 is 4.79 Å². The lowest BCUT2D eigenvalue weighted by Gasteiger charge is -2.05. The Balaban J connectivity index is 3.30. The summed E-state index contributed by atoms with van der Waals surface area (Å²) in [6.45, 7) is 7.97. The molecule has 0 heterocycles. The van der Waals surface area contributed by atoms with Crippen LogP contribution in [0.15, 0.2) is 12.3 Å². The number of rotatable bonds is 5. The molecule has 2 nitrogen and oxygen atoms in total. The van der Waals surface area contributed by atoms with Crippen molar-refractivity contribution in [3.05, 3.63) is 12.3 Å². The van der Waals surface area contributed by atoms with Gasteiger partial charge < -0.3 is 5.32 Å². The predicted molar refractivity (Wildman–Crippen MR) is 42.4 cm³/mol. The number of hydrogen-bond acceptors (Lipinski definition) is 1. The second kappa shape index (κ2) is 5.03. The van der Waals surface area contributed by atoms with E-state index in [1.165, 1.54) is 0 Å². The van der Waals surface area contributed by atoms with E-state index in [1.807, 2.05) is 0 Å². The van der Waals surface area contributed by atoms with E-state index in [0.29, 0.717) is 12.3 Å². The van der Waals surface area contributed by atoms with Gasteiger partial charge in [0, 0.05) is 5.70 Å². The normalized spacial score (nSPS) is 9.50. The minimum absolute atomic E-state index is 0.669. The zero-order chi connectivity index (χ0) is 7.98. The molecule has 10 heavy (non-hydrogen) atoms. The summed E-state index contributed by atoms with van der Waals surface area (Å²) in [7, 11) is 0. The van der Waals surface area contributed by atoms with Gasteiger partial charge in [-0.3, -0.25) is 4.79 Å². The first-order valence-electron chi connectivity index (χ1n) is 3.54. The Bertz CT molecular complexity index is 118. The standard InChI is InChI=1S/C8H15NO/c1-7(2)4-5-8(3)9-6-10/h6-7H,3-5H2,1-2H3,(H,9,10). The number of carbonyl (C=O) groups is 1. The topological polar surface area (TPSA) is 29.1 Å². The molecule has 0 aliphatic rings. The van der Waals surface area contributed by atoms with Gasteiger partial charge in [-0.05, 0) is 18.8 Å². The Morgan fingerprint density at radius 1 is 1.70 bits per heavy atom. The smallest absolute Gasteiger partial charge is 0.211 e. The summed E-state index contributed by atoms with van der Waals surface area (Å²) in [5, 5.41) is 2.53. The van der Waals surface area contributed by atoms with Crippen LogP contribution in [-0.2, 0) is 4.79 Å². The minimum Gasteiger partial charge on any atom is -0.333 e. The first-order chi connectivity index (χ1) is 4.66. The first kappa shape index (κ1) is 9.21. The van der Waals surface area contributed by atoms with Gasteiger partial charge in [-0.25, -0.2) is 0 Å². The molecule has 1 amide bonds. The van der Waals surface area contributed by atoms with Gasteiger partial charge in [0.25, 0.3) is 0 Å². The lowest BCUT2D eigenvalue weighted by Crippen LogP contribution is -2.09. The zero-order valence-electron chi connectivity index (χ0n) is 6.68. The maximum atomic E-state index is 9.89. The lowest BCUT2D eigenvalue weighted by molar-refractivity contribution is -0.109. The van der Waals surface area contributed by atoms with E-state index in [0.717, 1.165) is 18.5 Å². The van der Waals surface area contributed by atoms with Gasteiger partial charge in [0.1, 0.15) is 0 Å². The van der Waals surface area contributed by atoms with Crippen molar-refractivity contribution in [2.75, 3.05) is 0 Å². The SMILES string of the molecule is C=C(CCC(C)C)NC=O. The fourth-order valence-corrected chi connectivity index (χ4v) is 0.618. The molecule has 0 saturated carbocycles. The van der Waals surface area contributed by atoms with Crippen LogP contribution >= 0.6 is 0 Å². The van der Waals surface area contributed by atoms with E-state index in [-0.39, 0.29) is 0 Å². The van der Waals surface area contributed by atoms with E-state index < -0.39 is 0 Å². The molecule has 0 atom stereocenters. The summed E-state index contributed by atoms with van der Waals surface area (Å²) in [6.07, 6.45) is 2.64. The number of amides is 1. The molecule has 0 spiro atoms. The maximum absolute atomic E-state index is 9.89. The third-order valence-electron chi connectivity index (χ3n) is 1.29. The second-order valence-electron chi connectivity index (χ2n) is 2.80. The molecule has 0 aliphatic carbocycles. The lowest BCUT2D eigenvalue weighted by atomic mass is 10.1. The third-order valence-corrected chi connectivity index (χ3v) is 1.29. The summed E-state index contributed by atoms with van der Waals surface area (Å²) in [5.41, 5.74) is 0.809. The third kappa shape index (κ3) is 5.35. The monoisotopic (exact) mass is 141 g/mol. The van der Waals surface area contributed by atoms with Crippen LogP contribution in [0, 0.1) is 5.92 Å².